The highest BCUT2D eigenvalue weighted by molar-refractivity contribution is 5.85. The number of pyridine rings is 1. The standard InChI is InChI=1S/C10H10N2O3/c11-4-6(10(13)14)7-5-15-8-2-1-3-12-9(7)8/h1-3,5-6H,4,11H2,(H,13,14). The molecule has 15 heavy (non-hydrogen) atoms. The van der Waals surface area contributed by atoms with Gasteiger partial charge in [0, 0.05) is 18.3 Å². The van der Waals surface area contributed by atoms with Gasteiger partial charge in [-0.1, -0.05) is 0 Å². The van der Waals surface area contributed by atoms with E-state index >= 15 is 0 Å². The molecule has 2 aromatic heterocycles. The molecule has 1 atom stereocenters. The van der Waals surface area contributed by atoms with Gasteiger partial charge in [-0.05, 0) is 12.1 Å². The Morgan fingerprint density at radius 2 is 2.47 bits per heavy atom. The number of carbonyl (C=O) groups is 1. The van der Waals surface area contributed by atoms with Crippen LogP contribution in [0.3, 0.4) is 0 Å². The first-order valence-corrected chi connectivity index (χ1v) is 4.49. The van der Waals surface area contributed by atoms with Crippen LogP contribution < -0.4 is 5.73 Å². The number of nitrogens with zero attached hydrogens (tertiary/aromatic N) is 1. The van der Waals surface area contributed by atoms with E-state index in [0.717, 1.165) is 0 Å². The first kappa shape index (κ1) is 9.67. The predicted molar refractivity (Wildman–Crippen MR) is 53.4 cm³/mol. The van der Waals surface area contributed by atoms with Gasteiger partial charge in [-0.25, -0.2) is 0 Å². The fourth-order valence-corrected chi connectivity index (χ4v) is 1.49. The van der Waals surface area contributed by atoms with Crippen molar-refractivity contribution in [2.75, 3.05) is 6.54 Å². The maximum Gasteiger partial charge on any atom is 0.312 e. The Morgan fingerprint density at radius 3 is 3.13 bits per heavy atom. The number of carboxylic acids is 1. The lowest BCUT2D eigenvalue weighted by molar-refractivity contribution is -0.138. The smallest absolute Gasteiger partial charge is 0.312 e. The van der Waals surface area contributed by atoms with Crippen molar-refractivity contribution in [3.63, 3.8) is 0 Å². The number of fused-ring (bicyclic) bond motifs is 1. The summed E-state index contributed by atoms with van der Waals surface area (Å²) in [5, 5.41) is 8.96. The Balaban J connectivity index is 2.55. The van der Waals surface area contributed by atoms with Crippen molar-refractivity contribution in [2.45, 2.75) is 5.92 Å². The van der Waals surface area contributed by atoms with E-state index in [9.17, 15) is 4.79 Å². The number of carboxylic acid groups (broad SMARTS) is 1. The molecule has 0 radical (unpaired) electrons. The van der Waals surface area contributed by atoms with Crippen molar-refractivity contribution in [2.24, 2.45) is 5.73 Å². The molecular weight excluding hydrogens is 196 g/mol. The lowest BCUT2D eigenvalue weighted by Crippen LogP contribution is -2.20. The van der Waals surface area contributed by atoms with Gasteiger partial charge < -0.3 is 15.3 Å². The first-order chi connectivity index (χ1) is 7.24. The molecule has 0 aliphatic rings. The minimum Gasteiger partial charge on any atom is -0.481 e. The molecule has 0 aliphatic carbocycles. The second-order valence-electron chi connectivity index (χ2n) is 3.17. The summed E-state index contributed by atoms with van der Waals surface area (Å²) < 4.78 is 5.20. The van der Waals surface area contributed by atoms with E-state index in [0.29, 0.717) is 16.7 Å². The zero-order chi connectivity index (χ0) is 10.8. The molecule has 1 unspecified atom stereocenters. The lowest BCUT2D eigenvalue weighted by Gasteiger charge is -2.06. The van der Waals surface area contributed by atoms with Gasteiger partial charge in [0.2, 0.25) is 0 Å². The summed E-state index contributed by atoms with van der Waals surface area (Å²) in [4.78, 5) is 15.0. The summed E-state index contributed by atoms with van der Waals surface area (Å²) in [6, 6.07) is 3.47. The number of nitrogens with two attached hydrogens (primary N) is 1. The van der Waals surface area contributed by atoms with Gasteiger partial charge in [0.25, 0.3) is 0 Å². The number of hydrogen-bond donors (Lipinski definition) is 2. The molecule has 0 aromatic carbocycles. The van der Waals surface area contributed by atoms with Crippen LogP contribution in [-0.2, 0) is 4.79 Å². The normalized spacial score (nSPS) is 12.9. The maximum absolute atomic E-state index is 10.9. The number of furan rings is 1. The van der Waals surface area contributed by atoms with Gasteiger partial charge in [0.1, 0.15) is 5.52 Å². The quantitative estimate of drug-likeness (QED) is 0.780. The van der Waals surface area contributed by atoms with Crippen molar-refractivity contribution in [1.82, 2.24) is 4.98 Å². The Morgan fingerprint density at radius 1 is 1.67 bits per heavy atom. The van der Waals surface area contributed by atoms with Crippen LogP contribution in [0.15, 0.2) is 29.0 Å². The number of aromatic nitrogens is 1. The third kappa shape index (κ3) is 1.57. The van der Waals surface area contributed by atoms with Crippen LogP contribution in [0.5, 0.6) is 0 Å². The second kappa shape index (κ2) is 3.70. The highest BCUT2D eigenvalue weighted by Crippen LogP contribution is 2.25. The SMILES string of the molecule is NCC(C(=O)O)c1coc2cccnc12. The van der Waals surface area contributed by atoms with Crippen molar-refractivity contribution >= 4 is 17.1 Å². The fourth-order valence-electron chi connectivity index (χ4n) is 1.49. The minimum absolute atomic E-state index is 0.0283. The monoisotopic (exact) mass is 206 g/mol. The van der Waals surface area contributed by atoms with Gasteiger partial charge in [-0.2, -0.15) is 0 Å². The highest BCUT2D eigenvalue weighted by Gasteiger charge is 2.22. The summed E-state index contributed by atoms with van der Waals surface area (Å²) in [5.41, 5.74) is 7.08. The summed E-state index contributed by atoms with van der Waals surface area (Å²) in [7, 11) is 0. The molecule has 0 bridgehead atoms. The molecular formula is C10H10N2O3. The molecule has 0 saturated heterocycles. The van der Waals surface area contributed by atoms with Crippen molar-refractivity contribution in [3.8, 4) is 0 Å². The molecule has 2 heterocycles. The summed E-state index contributed by atoms with van der Waals surface area (Å²) in [6.45, 7) is 0.0283. The first-order valence-electron chi connectivity index (χ1n) is 4.49. The van der Waals surface area contributed by atoms with Crippen LogP contribution in [0.2, 0.25) is 0 Å². The van der Waals surface area contributed by atoms with Gasteiger partial charge in [0.15, 0.2) is 5.58 Å². The van der Waals surface area contributed by atoms with E-state index in [1.807, 2.05) is 0 Å². The Kier molecular flexibility index (Phi) is 2.39. The van der Waals surface area contributed by atoms with Crippen molar-refractivity contribution in [1.29, 1.82) is 0 Å². The van der Waals surface area contributed by atoms with Gasteiger partial charge >= 0.3 is 5.97 Å². The number of hydrogen-bond acceptors (Lipinski definition) is 4. The van der Waals surface area contributed by atoms with E-state index in [2.05, 4.69) is 4.98 Å². The molecule has 5 heteroatoms. The molecule has 0 saturated carbocycles. The maximum atomic E-state index is 10.9. The zero-order valence-electron chi connectivity index (χ0n) is 7.88. The van der Waals surface area contributed by atoms with Crippen LogP contribution in [-0.4, -0.2) is 22.6 Å². The van der Waals surface area contributed by atoms with Crippen LogP contribution in [0.25, 0.3) is 11.1 Å². The fraction of sp³-hybridized carbons (Fsp3) is 0.200. The molecule has 78 valence electrons. The van der Waals surface area contributed by atoms with Gasteiger partial charge in [-0.15, -0.1) is 0 Å². The average Bonchev–Trinajstić information content (AvgIpc) is 2.63. The summed E-state index contributed by atoms with van der Waals surface area (Å²) in [6.07, 6.45) is 3.00. The molecule has 2 rings (SSSR count). The topological polar surface area (TPSA) is 89.4 Å². The van der Waals surface area contributed by atoms with Crippen LogP contribution >= 0.6 is 0 Å². The third-order valence-corrected chi connectivity index (χ3v) is 2.27. The zero-order valence-corrected chi connectivity index (χ0v) is 7.88. The van der Waals surface area contributed by atoms with Crippen LogP contribution in [0.1, 0.15) is 11.5 Å². The largest absolute Gasteiger partial charge is 0.481 e. The number of aliphatic carboxylic acids is 1. The molecule has 3 N–H and O–H groups in total. The van der Waals surface area contributed by atoms with E-state index in [1.165, 1.54) is 6.26 Å². The van der Waals surface area contributed by atoms with Crippen LogP contribution in [0.4, 0.5) is 0 Å². The Labute approximate surface area is 85.5 Å². The molecule has 0 spiro atoms. The third-order valence-electron chi connectivity index (χ3n) is 2.27. The van der Waals surface area contributed by atoms with Gasteiger partial charge in [-0.3, -0.25) is 9.78 Å². The molecule has 0 aliphatic heterocycles. The highest BCUT2D eigenvalue weighted by atomic mass is 16.4. The molecule has 0 fully saturated rings. The van der Waals surface area contributed by atoms with Crippen molar-refractivity contribution < 1.29 is 14.3 Å². The predicted octanol–water partition coefficient (Wildman–Crippen LogP) is 0.955. The summed E-state index contributed by atoms with van der Waals surface area (Å²) in [5.74, 6) is -1.73. The van der Waals surface area contributed by atoms with Crippen molar-refractivity contribution in [3.05, 3.63) is 30.2 Å². The van der Waals surface area contributed by atoms with E-state index in [-0.39, 0.29) is 6.54 Å². The summed E-state index contributed by atoms with van der Waals surface area (Å²) >= 11 is 0. The van der Waals surface area contributed by atoms with E-state index in [1.54, 1.807) is 18.3 Å². The van der Waals surface area contributed by atoms with E-state index < -0.39 is 11.9 Å². The van der Waals surface area contributed by atoms with Crippen LogP contribution in [0, 0.1) is 0 Å². The average molecular weight is 206 g/mol. The van der Waals surface area contributed by atoms with Gasteiger partial charge in [0.05, 0.1) is 12.2 Å². The Hall–Kier alpha value is -1.88. The molecule has 2 aromatic rings. The van der Waals surface area contributed by atoms with E-state index in [4.69, 9.17) is 15.3 Å². The number of rotatable bonds is 3. The molecule has 5 nitrogen and oxygen atoms in total. The molecule has 0 amide bonds. The minimum atomic E-state index is -0.967. The second-order valence-corrected chi connectivity index (χ2v) is 3.17. The Bertz CT molecular complexity index is 492. The lowest BCUT2D eigenvalue weighted by atomic mass is 10.0.